The average Bonchev–Trinajstić information content (AvgIpc) is 3.12. The molecule has 0 radical (unpaired) electrons. The molecule has 100 valence electrons. The van der Waals surface area contributed by atoms with Gasteiger partial charge < -0.3 is 9.47 Å². The lowest BCUT2D eigenvalue weighted by Crippen LogP contribution is -2.07. The zero-order valence-corrected chi connectivity index (χ0v) is 12.9. The van der Waals surface area contributed by atoms with E-state index >= 15 is 0 Å². The summed E-state index contributed by atoms with van der Waals surface area (Å²) in [7, 11) is 0. The van der Waals surface area contributed by atoms with Crippen molar-refractivity contribution in [2.45, 2.75) is 45.8 Å². The van der Waals surface area contributed by atoms with Crippen molar-refractivity contribution in [1.29, 1.82) is 0 Å². The van der Waals surface area contributed by atoms with Gasteiger partial charge in [-0.25, -0.2) is 0 Å². The fourth-order valence-electron chi connectivity index (χ4n) is 1.83. The SMILES string of the molecule is CC(C)Oc1ccc(Br)c([C@@H](C)OCC2CC2)c1. The van der Waals surface area contributed by atoms with E-state index in [1.165, 1.54) is 12.8 Å². The third-order valence-electron chi connectivity index (χ3n) is 3.06. The lowest BCUT2D eigenvalue weighted by molar-refractivity contribution is 0.0572. The molecule has 1 aliphatic rings. The van der Waals surface area contributed by atoms with Gasteiger partial charge in [-0.1, -0.05) is 15.9 Å². The first-order valence-corrected chi connectivity index (χ1v) is 7.43. The Balaban J connectivity index is 2.03. The molecule has 0 unspecified atom stereocenters. The highest BCUT2D eigenvalue weighted by Crippen LogP contribution is 2.34. The number of halogens is 1. The summed E-state index contributed by atoms with van der Waals surface area (Å²) in [6.45, 7) is 7.05. The van der Waals surface area contributed by atoms with E-state index in [1.807, 2.05) is 26.0 Å². The minimum Gasteiger partial charge on any atom is -0.491 e. The van der Waals surface area contributed by atoms with E-state index in [0.717, 1.165) is 28.3 Å². The van der Waals surface area contributed by atoms with Crippen molar-refractivity contribution in [2.24, 2.45) is 5.92 Å². The smallest absolute Gasteiger partial charge is 0.120 e. The normalized spacial score (nSPS) is 16.9. The first-order chi connectivity index (χ1) is 8.56. The van der Waals surface area contributed by atoms with Crippen molar-refractivity contribution in [3.05, 3.63) is 28.2 Å². The summed E-state index contributed by atoms with van der Waals surface area (Å²) in [5, 5.41) is 0. The van der Waals surface area contributed by atoms with Crippen LogP contribution in [-0.4, -0.2) is 12.7 Å². The zero-order chi connectivity index (χ0) is 13.1. The molecule has 0 aliphatic heterocycles. The number of ether oxygens (including phenoxy) is 2. The molecular formula is C15H21BrO2. The van der Waals surface area contributed by atoms with Gasteiger partial charge in [0.2, 0.25) is 0 Å². The predicted octanol–water partition coefficient (Wildman–Crippen LogP) is 4.72. The Morgan fingerprint density at radius 2 is 2.00 bits per heavy atom. The van der Waals surface area contributed by atoms with Gasteiger partial charge in [-0.05, 0) is 63.3 Å². The van der Waals surface area contributed by atoms with Crippen LogP contribution in [0.15, 0.2) is 22.7 Å². The number of benzene rings is 1. The van der Waals surface area contributed by atoms with E-state index < -0.39 is 0 Å². The topological polar surface area (TPSA) is 18.5 Å². The molecule has 3 heteroatoms. The Morgan fingerprint density at radius 1 is 1.28 bits per heavy atom. The summed E-state index contributed by atoms with van der Waals surface area (Å²) in [4.78, 5) is 0. The van der Waals surface area contributed by atoms with Crippen LogP contribution in [0.2, 0.25) is 0 Å². The Bertz CT molecular complexity index is 399. The molecule has 1 atom stereocenters. The Hall–Kier alpha value is -0.540. The highest BCUT2D eigenvalue weighted by atomic mass is 79.9. The Kier molecular flexibility index (Phi) is 4.68. The van der Waals surface area contributed by atoms with Crippen LogP contribution in [0, 0.1) is 5.92 Å². The first-order valence-electron chi connectivity index (χ1n) is 6.64. The van der Waals surface area contributed by atoms with Crippen molar-refractivity contribution in [2.75, 3.05) is 6.61 Å². The van der Waals surface area contributed by atoms with Crippen molar-refractivity contribution in [1.82, 2.24) is 0 Å². The van der Waals surface area contributed by atoms with Crippen LogP contribution in [0.1, 0.15) is 45.3 Å². The number of hydrogen-bond donors (Lipinski definition) is 0. The lowest BCUT2D eigenvalue weighted by Gasteiger charge is -2.17. The highest BCUT2D eigenvalue weighted by Gasteiger charge is 2.23. The molecule has 0 amide bonds. The minimum absolute atomic E-state index is 0.107. The second kappa shape index (κ2) is 6.07. The second-order valence-corrected chi connectivity index (χ2v) is 6.12. The van der Waals surface area contributed by atoms with Crippen LogP contribution in [0.3, 0.4) is 0 Å². The molecular weight excluding hydrogens is 292 g/mol. The van der Waals surface area contributed by atoms with Gasteiger partial charge in [-0.3, -0.25) is 0 Å². The van der Waals surface area contributed by atoms with E-state index in [0.29, 0.717) is 0 Å². The van der Waals surface area contributed by atoms with Crippen LogP contribution in [0.25, 0.3) is 0 Å². The van der Waals surface area contributed by atoms with Crippen LogP contribution in [-0.2, 0) is 4.74 Å². The molecule has 1 fully saturated rings. The molecule has 2 nitrogen and oxygen atoms in total. The maximum Gasteiger partial charge on any atom is 0.120 e. The van der Waals surface area contributed by atoms with Gasteiger partial charge in [-0.2, -0.15) is 0 Å². The van der Waals surface area contributed by atoms with Gasteiger partial charge in [0.15, 0.2) is 0 Å². The van der Waals surface area contributed by atoms with E-state index in [2.05, 4.69) is 28.9 Å². The van der Waals surface area contributed by atoms with Gasteiger partial charge in [0.25, 0.3) is 0 Å². The molecule has 0 saturated heterocycles. The quantitative estimate of drug-likeness (QED) is 0.756. The molecule has 0 bridgehead atoms. The van der Waals surface area contributed by atoms with Crippen molar-refractivity contribution in [3.63, 3.8) is 0 Å². The third-order valence-corrected chi connectivity index (χ3v) is 3.78. The largest absolute Gasteiger partial charge is 0.491 e. The summed E-state index contributed by atoms with van der Waals surface area (Å²) < 4.78 is 12.7. The van der Waals surface area contributed by atoms with Gasteiger partial charge >= 0.3 is 0 Å². The van der Waals surface area contributed by atoms with Crippen LogP contribution in [0.5, 0.6) is 5.75 Å². The Labute approximate surface area is 118 Å². The molecule has 1 aliphatic carbocycles. The van der Waals surface area contributed by atoms with Crippen LogP contribution in [0.4, 0.5) is 0 Å². The maximum atomic E-state index is 5.91. The predicted molar refractivity (Wildman–Crippen MR) is 77.0 cm³/mol. The van der Waals surface area contributed by atoms with E-state index in [1.54, 1.807) is 0 Å². The summed E-state index contributed by atoms with van der Waals surface area (Å²) in [6.07, 6.45) is 2.95. The Morgan fingerprint density at radius 3 is 2.61 bits per heavy atom. The average molecular weight is 313 g/mol. The maximum absolute atomic E-state index is 5.91. The summed E-state index contributed by atoms with van der Waals surface area (Å²) in [5.74, 6) is 1.70. The summed E-state index contributed by atoms with van der Waals surface area (Å²) in [6, 6.07) is 6.09. The van der Waals surface area contributed by atoms with Crippen LogP contribution < -0.4 is 4.74 Å². The van der Waals surface area contributed by atoms with Gasteiger partial charge in [0.1, 0.15) is 5.75 Å². The highest BCUT2D eigenvalue weighted by molar-refractivity contribution is 9.10. The monoisotopic (exact) mass is 312 g/mol. The van der Waals surface area contributed by atoms with Crippen molar-refractivity contribution in [3.8, 4) is 5.75 Å². The summed E-state index contributed by atoms with van der Waals surface area (Å²) in [5.41, 5.74) is 1.16. The van der Waals surface area contributed by atoms with Gasteiger partial charge in [0, 0.05) is 4.47 Å². The van der Waals surface area contributed by atoms with Crippen LogP contribution >= 0.6 is 15.9 Å². The molecule has 1 aromatic carbocycles. The number of hydrogen-bond acceptors (Lipinski definition) is 2. The minimum atomic E-state index is 0.107. The lowest BCUT2D eigenvalue weighted by atomic mass is 10.1. The molecule has 0 heterocycles. The van der Waals surface area contributed by atoms with Gasteiger partial charge in [0.05, 0.1) is 18.8 Å². The zero-order valence-electron chi connectivity index (χ0n) is 11.3. The standard InChI is InChI=1S/C15H21BrO2/c1-10(2)18-13-6-7-15(16)14(8-13)11(3)17-9-12-4-5-12/h6-8,10-12H,4-5,9H2,1-3H3/t11-/m1/s1. The molecule has 1 saturated carbocycles. The molecule has 2 rings (SSSR count). The fraction of sp³-hybridized carbons (Fsp3) is 0.600. The second-order valence-electron chi connectivity index (χ2n) is 5.27. The van der Waals surface area contributed by atoms with E-state index in [-0.39, 0.29) is 12.2 Å². The van der Waals surface area contributed by atoms with E-state index in [4.69, 9.17) is 9.47 Å². The molecule has 0 spiro atoms. The van der Waals surface area contributed by atoms with E-state index in [9.17, 15) is 0 Å². The van der Waals surface area contributed by atoms with Crippen molar-refractivity contribution >= 4 is 15.9 Å². The molecule has 0 N–H and O–H groups in total. The fourth-order valence-corrected chi connectivity index (χ4v) is 2.40. The summed E-state index contributed by atoms with van der Waals surface area (Å²) >= 11 is 3.58. The number of rotatable bonds is 6. The molecule has 18 heavy (non-hydrogen) atoms. The van der Waals surface area contributed by atoms with Gasteiger partial charge in [-0.15, -0.1) is 0 Å². The van der Waals surface area contributed by atoms with Crippen molar-refractivity contribution < 1.29 is 9.47 Å². The third kappa shape index (κ3) is 3.99. The molecule has 1 aromatic rings. The molecule has 0 aromatic heterocycles. The first kappa shape index (κ1) is 13.9.